The Morgan fingerprint density at radius 2 is 1.85 bits per heavy atom. The van der Waals surface area contributed by atoms with Crippen molar-refractivity contribution in [2.75, 3.05) is 4.72 Å². The van der Waals surface area contributed by atoms with E-state index in [2.05, 4.69) is 9.29 Å². The van der Waals surface area contributed by atoms with Crippen LogP contribution in [0.15, 0.2) is 53.6 Å². The summed E-state index contributed by atoms with van der Waals surface area (Å²) >= 11 is 0. The molecule has 1 aliphatic rings. The van der Waals surface area contributed by atoms with Crippen LogP contribution in [0.1, 0.15) is 29.8 Å². The number of nitrogens with zero attached hydrogens (tertiary/aromatic N) is 2. The molecular weight excluding hydrogens is 358 g/mol. The number of para-hydroxylation sites is 1. The molecule has 2 heterocycles. The first-order chi connectivity index (χ1) is 12.9. The summed E-state index contributed by atoms with van der Waals surface area (Å²) in [6, 6.07) is 12.6. The van der Waals surface area contributed by atoms with E-state index in [4.69, 9.17) is 4.98 Å². The Balaban J connectivity index is 1.71. The van der Waals surface area contributed by atoms with Gasteiger partial charge in [-0.3, -0.25) is 4.72 Å². The molecule has 5 nitrogen and oxygen atoms in total. The lowest BCUT2D eigenvalue weighted by Gasteiger charge is -2.12. The molecular formula is C21H23N3O2S. The number of benzene rings is 2. The van der Waals surface area contributed by atoms with Gasteiger partial charge in [0, 0.05) is 24.7 Å². The fraction of sp³-hybridized carbons (Fsp3) is 0.286. The topological polar surface area (TPSA) is 64.0 Å². The lowest BCUT2D eigenvalue weighted by atomic mass is 10.1. The molecule has 3 aromatic rings. The van der Waals surface area contributed by atoms with Crippen molar-refractivity contribution in [1.82, 2.24) is 9.55 Å². The third-order valence-electron chi connectivity index (χ3n) is 5.14. The van der Waals surface area contributed by atoms with Crippen molar-refractivity contribution in [1.29, 1.82) is 0 Å². The zero-order valence-corrected chi connectivity index (χ0v) is 16.4. The molecule has 2 aromatic carbocycles. The van der Waals surface area contributed by atoms with Crippen LogP contribution >= 0.6 is 0 Å². The molecule has 0 bridgehead atoms. The summed E-state index contributed by atoms with van der Waals surface area (Å²) in [4.78, 5) is 5.01. The highest BCUT2D eigenvalue weighted by Gasteiger charge is 2.19. The summed E-state index contributed by atoms with van der Waals surface area (Å²) in [6.45, 7) is 4.85. The Bertz CT molecular complexity index is 1080. The quantitative estimate of drug-likeness (QED) is 0.733. The number of imidazole rings is 1. The number of rotatable bonds is 4. The minimum atomic E-state index is -3.67. The summed E-state index contributed by atoms with van der Waals surface area (Å²) < 4.78 is 30.7. The highest BCUT2D eigenvalue weighted by Crippen LogP contribution is 2.30. The second kappa shape index (κ2) is 6.85. The van der Waals surface area contributed by atoms with Crippen LogP contribution < -0.4 is 4.72 Å². The van der Waals surface area contributed by atoms with E-state index in [1.807, 2.05) is 44.3 Å². The van der Waals surface area contributed by atoms with Crippen LogP contribution in [0, 0.1) is 13.8 Å². The molecule has 0 aliphatic carbocycles. The van der Waals surface area contributed by atoms with E-state index in [0.717, 1.165) is 54.0 Å². The normalized spacial score (nSPS) is 14.0. The molecule has 4 rings (SSSR count). The van der Waals surface area contributed by atoms with Gasteiger partial charge in [-0.2, -0.15) is 0 Å². The van der Waals surface area contributed by atoms with Gasteiger partial charge in [-0.1, -0.05) is 24.3 Å². The van der Waals surface area contributed by atoms with E-state index in [0.29, 0.717) is 5.69 Å². The molecule has 0 radical (unpaired) electrons. The summed E-state index contributed by atoms with van der Waals surface area (Å²) in [5, 5.41) is 0. The monoisotopic (exact) mass is 381 g/mol. The summed E-state index contributed by atoms with van der Waals surface area (Å²) in [5.41, 5.74) is 4.18. The molecule has 0 spiro atoms. The number of hydrogen-bond acceptors (Lipinski definition) is 3. The number of aryl methyl sites for hydroxylation is 4. The fourth-order valence-corrected chi connectivity index (χ4v) is 4.59. The van der Waals surface area contributed by atoms with Gasteiger partial charge in [-0.05, 0) is 56.0 Å². The van der Waals surface area contributed by atoms with Crippen LogP contribution in [0.25, 0.3) is 11.3 Å². The average Bonchev–Trinajstić information content (AvgIpc) is 3.08. The van der Waals surface area contributed by atoms with Crippen molar-refractivity contribution in [3.63, 3.8) is 0 Å². The number of anilines is 1. The Morgan fingerprint density at radius 3 is 2.63 bits per heavy atom. The molecule has 0 fully saturated rings. The van der Waals surface area contributed by atoms with E-state index in [-0.39, 0.29) is 4.90 Å². The second-order valence-electron chi connectivity index (χ2n) is 7.09. The van der Waals surface area contributed by atoms with Gasteiger partial charge in [0.25, 0.3) is 10.0 Å². The Morgan fingerprint density at radius 1 is 1.04 bits per heavy atom. The standard InChI is InChI=1S/C21H23N3O2S/c1-15-10-11-17(13-16(15)2)27(25,26)23-19-8-4-3-7-18(19)20-14-24-12-6-5-9-21(24)22-20/h3-4,7-8,10-11,13-14,23H,5-6,9,12H2,1-2H3. The van der Waals surface area contributed by atoms with E-state index in [9.17, 15) is 8.42 Å². The van der Waals surface area contributed by atoms with E-state index in [1.54, 1.807) is 18.2 Å². The summed E-state index contributed by atoms with van der Waals surface area (Å²) in [5.74, 6) is 1.07. The molecule has 6 heteroatoms. The zero-order valence-electron chi connectivity index (χ0n) is 15.6. The summed E-state index contributed by atoms with van der Waals surface area (Å²) in [6.07, 6.45) is 5.30. The molecule has 0 unspecified atom stereocenters. The number of sulfonamides is 1. The van der Waals surface area contributed by atoms with Crippen LogP contribution in [-0.4, -0.2) is 18.0 Å². The van der Waals surface area contributed by atoms with E-state index in [1.165, 1.54) is 0 Å². The lowest BCUT2D eigenvalue weighted by molar-refractivity contribution is 0.522. The van der Waals surface area contributed by atoms with Gasteiger partial charge in [0.15, 0.2) is 0 Å². The van der Waals surface area contributed by atoms with Crippen molar-refractivity contribution >= 4 is 15.7 Å². The minimum Gasteiger partial charge on any atom is -0.334 e. The van der Waals surface area contributed by atoms with Crippen LogP contribution in [-0.2, 0) is 23.0 Å². The van der Waals surface area contributed by atoms with Gasteiger partial charge < -0.3 is 4.57 Å². The van der Waals surface area contributed by atoms with Crippen LogP contribution in [0.3, 0.4) is 0 Å². The Hall–Kier alpha value is -2.60. The van der Waals surface area contributed by atoms with E-state index < -0.39 is 10.0 Å². The fourth-order valence-electron chi connectivity index (χ4n) is 3.42. The number of fused-ring (bicyclic) bond motifs is 1. The van der Waals surface area contributed by atoms with Crippen molar-refractivity contribution in [3.05, 3.63) is 65.6 Å². The van der Waals surface area contributed by atoms with Crippen molar-refractivity contribution < 1.29 is 8.42 Å². The molecule has 1 aromatic heterocycles. The van der Waals surface area contributed by atoms with Crippen molar-refractivity contribution in [3.8, 4) is 11.3 Å². The molecule has 0 amide bonds. The van der Waals surface area contributed by atoms with Crippen LogP contribution in [0.5, 0.6) is 0 Å². The van der Waals surface area contributed by atoms with Gasteiger partial charge in [-0.25, -0.2) is 13.4 Å². The smallest absolute Gasteiger partial charge is 0.261 e. The highest BCUT2D eigenvalue weighted by atomic mass is 32.2. The third-order valence-corrected chi connectivity index (χ3v) is 6.51. The van der Waals surface area contributed by atoms with Gasteiger partial charge in [0.1, 0.15) is 5.82 Å². The molecule has 0 saturated carbocycles. The van der Waals surface area contributed by atoms with Crippen molar-refractivity contribution in [2.45, 2.75) is 44.6 Å². The molecule has 27 heavy (non-hydrogen) atoms. The first-order valence-corrected chi connectivity index (χ1v) is 10.7. The second-order valence-corrected chi connectivity index (χ2v) is 8.77. The zero-order chi connectivity index (χ0) is 19.0. The predicted molar refractivity (Wildman–Crippen MR) is 107 cm³/mol. The highest BCUT2D eigenvalue weighted by molar-refractivity contribution is 7.92. The minimum absolute atomic E-state index is 0.268. The van der Waals surface area contributed by atoms with Gasteiger partial charge in [0.05, 0.1) is 16.3 Å². The number of hydrogen-bond donors (Lipinski definition) is 1. The van der Waals surface area contributed by atoms with Gasteiger partial charge in [0.2, 0.25) is 0 Å². The average molecular weight is 382 g/mol. The lowest BCUT2D eigenvalue weighted by Crippen LogP contribution is -2.14. The van der Waals surface area contributed by atoms with Crippen LogP contribution in [0.2, 0.25) is 0 Å². The van der Waals surface area contributed by atoms with E-state index >= 15 is 0 Å². The number of nitrogens with one attached hydrogen (secondary N) is 1. The molecule has 1 N–H and O–H groups in total. The third kappa shape index (κ3) is 3.49. The Kier molecular flexibility index (Phi) is 4.52. The number of aromatic nitrogens is 2. The molecule has 1 aliphatic heterocycles. The van der Waals surface area contributed by atoms with Crippen molar-refractivity contribution in [2.24, 2.45) is 0 Å². The maximum Gasteiger partial charge on any atom is 0.261 e. The maximum atomic E-state index is 12.9. The predicted octanol–water partition coefficient (Wildman–Crippen LogP) is 4.30. The van der Waals surface area contributed by atoms with Gasteiger partial charge in [-0.15, -0.1) is 0 Å². The molecule has 140 valence electrons. The van der Waals surface area contributed by atoms with Gasteiger partial charge >= 0.3 is 0 Å². The van der Waals surface area contributed by atoms with Crippen LogP contribution in [0.4, 0.5) is 5.69 Å². The molecule has 0 atom stereocenters. The first-order valence-electron chi connectivity index (χ1n) is 9.19. The largest absolute Gasteiger partial charge is 0.334 e. The first kappa shape index (κ1) is 17.8. The maximum absolute atomic E-state index is 12.9. The molecule has 0 saturated heterocycles. The SMILES string of the molecule is Cc1ccc(S(=O)(=O)Nc2ccccc2-c2cn3c(n2)CCCC3)cc1C. The summed E-state index contributed by atoms with van der Waals surface area (Å²) in [7, 11) is -3.67. The Labute approximate surface area is 160 Å².